The minimum Gasteiger partial charge on any atom is -0.147 e. The third-order valence-corrected chi connectivity index (χ3v) is 1.05. The Morgan fingerprint density at radius 1 is 0.889 bits per heavy atom. The molecule has 0 amide bonds. The number of hydrogen-bond donors (Lipinski definition) is 1. The zero-order chi connectivity index (χ0) is 5.11. The van der Waals surface area contributed by atoms with Crippen LogP contribution in [0.1, 0.15) is 0 Å². The predicted octanol–water partition coefficient (Wildman–Crippen LogP) is 2.82. The fourth-order valence-corrected chi connectivity index (χ4v) is 0.600. The van der Waals surface area contributed by atoms with Gasteiger partial charge in [-0.2, -0.15) is 0 Å². The zero-order valence-corrected chi connectivity index (χ0v) is 7.18. The molecule has 0 nitrogen and oxygen atoms in total. The van der Waals surface area contributed by atoms with Crippen molar-refractivity contribution in [2.45, 2.75) is 4.90 Å². The molecule has 0 radical (unpaired) electrons. The van der Waals surface area contributed by atoms with Gasteiger partial charge >= 0.3 is 0 Å². The minimum absolute atomic E-state index is 0. The summed E-state index contributed by atoms with van der Waals surface area (Å²) in [4.78, 5) is 1.02. The normalized spacial score (nSPS) is 6.78. The van der Waals surface area contributed by atoms with Crippen LogP contribution in [0.15, 0.2) is 35.2 Å². The highest BCUT2D eigenvalue weighted by atomic mass is 35.5. The number of halogens is 2. The van der Waals surface area contributed by atoms with Crippen LogP contribution in [0.4, 0.5) is 0 Å². The molecule has 52 valence electrons. The number of hydrogen-bond acceptors (Lipinski definition) is 1. The molecule has 9 heavy (non-hydrogen) atoms. The molecule has 1 aromatic carbocycles. The summed E-state index contributed by atoms with van der Waals surface area (Å²) in [6.45, 7) is 0. The van der Waals surface area contributed by atoms with Crippen LogP contribution in [0.5, 0.6) is 0 Å². The standard InChI is InChI=1S/C6H6S.2ClH/c7-6-4-2-1-3-5-6;;/h1-5,7H;2*1H. The number of thiol groups is 1. The van der Waals surface area contributed by atoms with Crippen molar-refractivity contribution >= 4 is 37.4 Å². The monoisotopic (exact) mass is 182 g/mol. The third kappa shape index (κ3) is 4.64. The molecular weight excluding hydrogens is 175 g/mol. The Hall–Kier alpha value is 0.150. The highest BCUT2D eigenvalue weighted by Gasteiger charge is 1.73. The summed E-state index contributed by atoms with van der Waals surface area (Å²) in [6.07, 6.45) is 0. The largest absolute Gasteiger partial charge is 0.147 e. The lowest BCUT2D eigenvalue weighted by Gasteiger charge is -1.81. The molecule has 1 aromatic rings. The van der Waals surface area contributed by atoms with Crippen molar-refractivity contribution in [3.63, 3.8) is 0 Å². The fourth-order valence-electron chi connectivity index (χ4n) is 0.428. The summed E-state index contributed by atoms with van der Waals surface area (Å²) >= 11 is 4.08. The quantitative estimate of drug-likeness (QED) is 0.587. The molecule has 1 rings (SSSR count). The highest BCUT2D eigenvalue weighted by Crippen LogP contribution is 2.00. The van der Waals surface area contributed by atoms with Crippen molar-refractivity contribution in [1.29, 1.82) is 0 Å². The van der Waals surface area contributed by atoms with E-state index in [-0.39, 0.29) is 24.8 Å². The molecule has 0 aliphatic carbocycles. The van der Waals surface area contributed by atoms with Crippen molar-refractivity contribution in [2.75, 3.05) is 0 Å². The maximum absolute atomic E-state index is 4.08. The summed E-state index contributed by atoms with van der Waals surface area (Å²) in [7, 11) is 0. The third-order valence-electron chi connectivity index (χ3n) is 0.756. The van der Waals surface area contributed by atoms with E-state index in [0.29, 0.717) is 0 Å². The van der Waals surface area contributed by atoms with Crippen molar-refractivity contribution < 1.29 is 0 Å². The molecule has 0 heterocycles. The van der Waals surface area contributed by atoms with Crippen LogP contribution in [0.25, 0.3) is 0 Å². The first-order valence-electron chi connectivity index (χ1n) is 2.13. The van der Waals surface area contributed by atoms with E-state index < -0.39 is 0 Å². The Morgan fingerprint density at radius 2 is 1.33 bits per heavy atom. The van der Waals surface area contributed by atoms with Gasteiger partial charge in [-0.1, -0.05) is 18.2 Å². The highest BCUT2D eigenvalue weighted by molar-refractivity contribution is 7.80. The van der Waals surface area contributed by atoms with Crippen LogP contribution in [0.3, 0.4) is 0 Å². The first-order chi connectivity index (χ1) is 3.39. The maximum atomic E-state index is 4.08. The summed E-state index contributed by atoms with van der Waals surface area (Å²) in [5.41, 5.74) is 0. The molecule has 0 saturated carbocycles. The average Bonchev–Trinajstić information content (AvgIpc) is 1.69. The van der Waals surface area contributed by atoms with Crippen molar-refractivity contribution in [3.8, 4) is 0 Å². The Morgan fingerprint density at radius 3 is 1.56 bits per heavy atom. The SMILES string of the molecule is Cl.Cl.Sc1ccccc1. The summed E-state index contributed by atoms with van der Waals surface area (Å²) in [5.74, 6) is 0. The van der Waals surface area contributed by atoms with Gasteiger partial charge in [0.25, 0.3) is 0 Å². The second-order valence-electron chi connectivity index (χ2n) is 1.34. The second kappa shape index (κ2) is 6.27. The topological polar surface area (TPSA) is 0 Å². The molecule has 0 saturated heterocycles. The van der Waals surface area contributed by atoms with E-state index in [1.165, 1.54) is 0 Å². The molecule has 3 heteroatoms. The van der Waals surface area contributed by atoms with Crippen LogP contribution < -0.4 is 0 Å². The number of rotatable bonds is 0. The van der Waals surface area contributed by atoms with Gasteiger partial charge in [0, 0.05) is 4.90 Å². The van der Waals surface area contributed by atoms with Gasteiger partial charge < -0.3 is 0 Å². The summed E-state index contributed by atoms with van der Waals surface area (Å²) in [5, 5.41) is 0. The lowest BCUT2D eigenvalue weighted by molar-refractivity contribution is 1.48. The van der Waals surface area contributed by atoms with E-state index >= 15 is 0 Å². The molecule has 0 unspecified atom stereocenters. The Kier molecular flexibility index (Phi) is 8.29. The Bertz CT molecular complexity index is 141. The fraction of sp³-hybridized carbons (Fsp3) is 0. The summed E-state index contributed by atoms with van der Waals surface area (Å²) < 4.78 is 0. The molecule has 0 bridgehead atoms. The first-order valence-corrected chi connectivity index (χ1v) is 2.58. The van der Waals surface area contributed by atoms with Gasteiger partial charge in [0.05, 0.1) is 0 Å². The van der Waals surface area contributed by atoms with Crippen LogP contribution in [-0.4, -0.2) is 0 Å². The molecule has 0 aliphatic rings. The van der Waals surface area contributed by atoms with Gasteiger partial charge in [0.1, 0.15) is 0 Å². The Balaban J connectivity index is 0. The molecule has 0 aromatic heterocycles. The molecule has 0 N–H and O–H groups in total. The van der Waals surface area contributed by atoms with Crippen molar-refractivity contribution in [3.05, 3.63) is 30.3 Å². The van der Waals surface area contributed by atoms with Crippen LogP contribution in [0, 0.1) is 0 Å². The van der Waals surface area contributed by atoms with Crippen molar-refractivity contribution in [1.82, 2.24) is 0 Å². The molecular formula is C6H8Cl2S. The molecule has 0 atom stereocenters. The van der Waals surface area contributed by atoms with E-state index in [9.17, 15) is 0 Å². The zero-order valence-electron chi connectivity index (χ0n) is 4.65. The average molecular weight is 183 g/mol. The Labute approximate surface area is 72.9 Å². The molecule has 0 fully saturated rings. The summed E-state index contributed by atoms with van der Waals surface area (Å²) in [6, 6.07) is 9.79. The van der Waals surface area contributed by atoms with E-state index in [2.05, 4.69) is 12.6 Å². The minimum atomic E-state index is 0. The van der Waals surface area contributed by atoms with Gasteiger partial charge in [0.2, 0.25) is 0 Å². The van der Waals surface area contributed by atoms with Crippen LogP contribution >= 0.6 is 37.4 Å². The van der Waals surface area contributed by atoms with Gasteiger partial charge in [-0.05, 0) is 12.1 Å². The van der Waals surface area contributed by atoms with E-state index in [1.807, 2.05) is 30.3 Å². The second-order valence-corrected chi connectivity index (χ2v) is 1.85. The van der Waals surface area contributed by atoms with Gasteiger partial charge in [-0.15, -0.1) is 37.4 Å². The predicted molar refractivity (Wildman–Crippen MR) is 48.2 cm³/mol. The van der Waals surface area contributed by atoms with Crippen LogP contribution in [-0.2, 0) is 0 Å². The lowest BCUT2D eigenvalue weighted by Crippen LogP contribution is -1.56. The van der Waals surface area contributed by atoms with Crippen LogP contribution in [0.2, 0.25) is 0 Å². The van der Waals surface area contributed by atoms with Gasteiger partial charge in [-0.25, -0.2) is 0 Å². The van der Waals surface area contributed by atoms with E-state index in [1.54, 1.807) is 0 Å². The first kappa shape index (κ1) is 11.9. The van der Waals surface area contributed by atoms with E-state index in [4.69, 9.17) is 0 Å². The van der Waals surface area contributed by atoms with Crippen molar-refractivity contribution in [2.24, 2.45) is 0 Å². The molecule has 0 aliphatic heterocycles. The van der Waals surface area contributed by atoms with E-state index in [0.717, 1.165) is 4.90 Å². The van der Waals surface area contributed by atoms with Gasteiger partial charge in [0.15, 0.2) is 0 Å². The lowest BCUT2D eigenvalue weighted by atomic mass is 10.4. The smallest absolute Gasteiger partial charge is 0.00399 e. The number of benzene rings is 1. The molecule has 0 spiro atoms. The maximum Gasteiger partial charge on any atom is 0.00399 e. The van der Waals surface area contributed by atoms with Gasteiger partial charge in [-0.3, -0.25) is 0 Å².